The Bertz CT molecular complexity index is 3680. The highest BCUT2D eigenvalue weighted by atomic mass is 15.1. The van der Waals surface area contributed by atoms with Gasteiger partial charge in [0.25, 0.3) is 0 Å². The highest BCUT2D eigenvalue weighted by molar-refractivity contribution is 6.11. The minimum Gasteiger partial charge on any atom is -0.311 e. The molecule has 0 aliphatic heterocycles. The number of aromatic nitrogens is 2. The van der Waals surface area contributed by atoms with Gasteiger partial charge in [-0.05, 0) is 106 Å². The molecule has 0 amide bonds. The molecule has 2 heterocycles. The van der Waals surface area contributed by atoms with Crippen LogP contribution in [-0.2, 0) is 0 Å². The standard InChI is InChI=1S/C66H45N3/c1-2-18-46(19-3-1)53-20-4-5-21-54(53)47-34-40-50(41-35-47)67(51-42-36-48(37-43-51)55-22-6-12-28-61(55)68-63-30-14-8-24-57(63)58-25-9-15-31-64(58)68)52-44-38-49(39-45-52)56-23-7-13-29-62(56)69-65-32-16-10-26-59(65)60-27-11-17-33-66(60)69/h1-45H. The van der Waals surface area contributed by atoms with Crippen molar-refractivity contribution >= 4 is 60.7 Å². The van der Waals surface area contributed by atoms with Crippen LogP contribution < -0.4 is 4.90 Å². The molecule has 0 aliphatic carbocycles. The van der Waals surface area contributed by atoms with E-state index in [-0.39, 0.29) is 0 Å². The van der Waals surface area contributed by atoms with Gasteiger partial charge in [0.2, 0.25) is 0 Å². The maximum atomic E-state index is 2.42. The molecule has 2 aromatic heterocycles. The fourth-order valence-corrected chi connectivity index (χ4v) is 10.6. The van der Waals surface area contributed by atoms with E-state index in [2.05, 4.69) is 287 Å². The fourth-order valence-electron chi connectivity index (χ4n) is 10.6. The maximum absolute atomic E-state index is 2.42. The average Bonchev–Trinajstić information content (AvgIpc) is 3.95. The molecule has 13 aromatic rings. The molecule has 11 aromatic carbocycles. The summed E-state index contributed by atoms with van der Waals surface area (Å²) < 4.78 is 4.83. The Kier molecular flexibility index (Phi) is 9.84. The molecular formula is C66H45N3. The van der Waals surface area contributed by atoms with E-state index in [9.17, 15) is 0 Å². The zero-order valence-electron chi connectivity index (χ0n) is 37.8. The third-order valence-electron chi connectivity index (χ3n) is 13.8. The van der Waals surface area contributed by atoms with Gasteiger partial charge in [0, 0.05) is 49.7 Å². The Labute approximate surface area is 401 Å². The minimum absolute atomic E-state index is 1.07. The Morgan fingerprint density at radius 2 is 0.464 bits per heavy atom. The van der Waals surface area contributed by atoms with E-state index >= 15 is 0 Å². The van der Waals surface area contributed by atoms with Gasteiger partial charge in [-0.25, -0.2) is 0 Å². The Morgan fingerprint density at radius 1 is 0.203 bits per heavy atom. The van der Waals surface area contributed by atoms with E-state index in [1.54, 1.807) is 0 Å². The molecule has 0 saturated heterocycles. The predicted octanol–water partition coefficient (Wildman–Crippen LogP) is 18.0. The third-order valence-corrected chi connectivity index (χ3v) is 13.8. The van der Waals surface area contributed by atoms with Crippen LogP contribution in [0.4, 0.5) is 17.1 Å². The van der Waals surface area contributed by atoms with Crippen molar-refractivity contribution in [1.29, 1.82) is 0 Å². The Morgan fingerprint density at radius 3 is 0.826 bits per heavy atom. The highest BCUT2D eigenvalue weighted by Crippen LogP contribution is 2.42. The smallest absolute Gasteiger partial charge is 0.0541 e. The summed E-state index contributed by atoms with van der Waals surface area (Å²) in [5.41, 5.74) is 19.8. The molecule has 0 N–H and O–H groups in total. The van der Waals surface area contributed by atoms with Gasteiger partial charge >= 0.3 is 0 Å². The van der Waals surface area contributed by atoms with Crippen LogP contribution in [0.15, 0.2) is 273 Å². The van der Waals surface area contributed by atoms with Crippen LogP contribution in [0.25, 0.3) is 99.5 Å². The summed E-state index contributed by atoms with van der Waals surface area (Å²) >= 11 is 0. The van der Waals surface area contributed by atoms with Gasteiger partial charge in [-0.15, -0.1) is 0 Å². The molecule has 0 radical (unpaired) electrons. The first-order valence-electron chi connectivity index (χ1n) is 23.7. The lowest BCUT2D eigenvalue weighted by atomic mass is 9.94. The lowest BCUT2D eigenvalue weighted by Crippen LogP contribution is -2.10. The molecule has 0 saturated carbocycles. The Balaban J connectivity index is 0.916. The molecule has 69 heavy (non-hydrogen) atoms. The van der Waals surface area contributed by atoms with Gasteiger partial charge in [-0.1, -0.05) is 200 Å². The first-order valence-corrected chi connectivity index (χ1v) is 23.7. The Hall–Kier alpha value is -9.18. The van der Waals surface area contributed by atoms with E-state index in [1.807, 2.05) is 0 Å². The number of hydrogen-bond donors (Lipinski definition) is 0. The van der Waals surface area contributed by atoms with Gasteiger partial charge < -0.3 is 14.0 Å². The van der Waals surface area contributed by atoms with E-state index in [1.165, 1.54) is 77.0 Å². The normalized spacial score (nSPS) is 11.5. The second-order valence-electron chi connectivity index (χ2n) is 17.7. The topological polar surface area (TPSA) is 13.1 Å². The van der Waals surface area contributed by atoms with E-state index in [0.717, 1.165) is 39.6 Å². The van der Waals surface area contributed by atoms with Gasteiger partial charge in [-0.3, -0.25) is 0 Å². The number of rotatable bonds is 9. The molecular weight excluding hydrogens is 835 g/mol. The van der Waals surface area contributed by atoms with Crippen molar-refractivity contribution in [1.82, 2.24) is 9.13 Å². The van der Waals surface area contributed by atoms with E-state index < -0.39 is 0 Å². The number of hydrogen-bond acceptors (Lipinski definition) is 1. The second kappa shape index (κ2) is 16.9. The lowest BCUT2D eigenvalue weighted by Gasteiger charge is -2.26. The SMILES string of the molecule is c1ccc(-c2ccccc2-c2ccc(N(c3ccc(-c4ccccc4-n4c5ccccc5c5ccccc54)cc3)c3ccc(-c4ccccc4-n4c5ccccc5c5ccccc54)cc3)cc2)cc1. The van der Waals surface area contributed by atoms with Gasteiger partial charge in [0.05, 0.1) is 33.4 Å². The van der Waals surface area contributed by atoms with Gasteiger partial charge in [0.15, 0.2) is 0 Å². The molecule has 0 atom stereocenters. The summed E-state index contributed by atoms with van der Waals surface area (Å²) in [7, 11) is 0. The summed E-state index contributed by atoms with van der Waals surface area (Å²) in [5, 5.41) is 5.02. The van der Waals surface area contributed by atoms with Crippen LogP contribution in [-0.4, -0.2) is 9.13 Å². The number of fused-ring (bicyclic) bond motifs is 6. The molecule has 3 heteroatoms. The fraction of sp³-hybridized carbons (Fsp3) is 0. The van der Waals surface area contributed by atoms with E-state index in [4.69, 9.17) is 0 Å². The summed E-state index contributed by atoms with van der Waals surface area (Å²) in [6, 6.07) is 99.0. The first kappa shape index (κ1) is 40.1. The molecule has 324 valence electrons. The molecule has 0 bridgehead atoms. The van der Waals surface area contributed by atoms with Crippen LogP contribution in [0, 0.1) is 0 Å². The molecule has 0 unspecified atom stereocenters. The molecule has 0 fully saturated rings. The van der Waals surface area contributed by atoms with Crippen molar-refractivity contribution in [3.63, 3.8) is 0 Å². The van der Waals surface area contributed by atoms with Crippen molar-refractivity contribution in [2.24, 2.45) is 0 Å². The quantitative estimate of drug-likeness (QED) is 0.141. The summed E-state index contributed by atoms with van der Waals surface area (Å²) in [5.74, 6) is 0. The number of nitrogens with zero attached hydrogens (tertiary/aromatic N) is 3. The van der Waals surface area contributed by atoms with Crippen molar-refractivity contribution in [2.45, 2.75) is 0 Å². The zero-order chi connectivity index (χ0) is 45.7. The van der Waals surface area contributed by atoms with Crippen LogP contribution >= 0.6 is 0 Å². The molecule has 3 nitrogen and oxygen atoms in total. The number of benzene rings is 11. The maximum Gasteiger partial charge on any atom is 0.0541 e. The number of para-hydroxylation sites is 6. The summed E-state index contributed by atoms with van der Waals surface area (Å²) in [4.78, 5) is 2.37. The average molecular weight is 880 g/mol. The molecule has 0 aliphatic rings. The zero-order valence-corrected chi connectivity index (χ0v) is 37.8. The van der Waals surface area contributed by atoms with Crippen LogP contribution in [0.1, 0.15) is 0 Å². The summed E-state index contributed by atoms with van der Waals surface area (Å²) in [6.07, 6.45) is 0. The van der Waals surface area contributed by atoms with Crippen molar-refractivity contribution < 1.29 is 0 Å². The lowest BCUT2D eigenvalue weighted by molar-refractivity contribution is 1.18. The molecule has 0 spiro atoms. The largest absolute Gasteiger partial charge is 0.311 e. The van der Waals surface area contributed by atoms with Gasteiger partial charge in [-0.2, -0.15) is 0 Å². The van der Waals surface area contributed by atoms with Crippen molar-refractivity contribution in [3.05, 3.63) is 273 Å². The highest BCUT2D eigenvalue weighted by Gasteiger charge is 2.19. The number of anilines is 3. The summed E-state index contributed by atoms with van der Waals surface area (Å²) in [6.45, 7) is 0. The van der Waals surface area contributed by atoms with Crippen LogP contribution in [0.3, 0.4) is 0 Å². The predicted molar refractivity (Wildman–Crippen MR) is 292 cm³/mol. The van der Waals surface area contributed by atoms with Gasteiger partial charge in [0.1, 0.15) is 0 Å². The van der Waals surface area contributed by atoms with Crippen LogP contribution in [0.5, 0.6) is 0 Å². The second-order valence-corrected chi connectivity index (χ2v) is 17.7. The monoisotopic (exact) mass is 879 g/mol. The van der Waals surface area contributed by atoms with Crippen LogP contribution in [0.2, 0.25) is 0 Å². The molecule has 13 rings (SSSR count). The van der Waals surface area contributed by atoms with E-state index in [0.29, 0.717) is 0 Å². The third kappa shape index (κ3) is 6.91. The first-order chi connectivity index (χ1) is 34.3. The van der Waals surface area contributed by atoms with Crippen molar-refractivity contribution in [2.75, 3.05) is 4.90 Å². The minimum atomic E-state index is 1.07. The van der Waals surface area contributed by atoms with Crippen molar-refractivity contribution in [3.8, 4) is 55.9 Å².